The van der Waals surface area contributed by atoms with E-state index in [1.54, 1.807) is 18.2 Å². The number of carbonyl (C=O) groups is 1. The second-order valence-corrected chi connectivity index (χ2v) is 5.58. The maximum absolute atomic E-state index is 13.7. The van der Waals surface area contributed by atoms with Crippen molar-refractivity contribution in [2.24, 2.45) is 0 Å². The number of amides is 1. The Kier molecular flexibility index (Phi) is 4.40. The standard InChI is InChI=1S/C16H17FN2O4/c17-12-4-2-1-3-11(12)14-9-13(19-23-14)15(20)18-10-16(21)5-7-22-8-6-16/h1-4,9,21H,5-8,10H2,(H,18,20). The van der Waals surface area contributed by atoms with Gasteiger partial charge in [-0.05, 0) is 12.1 Å². The third-order valence-electron chi connectivity index (χ3n) is 3.88. The Morgan fingerprint density at radius 1 is 1.35 bits per heavy atom. The summed E-state index contributed by atoms with van der Waals surface area (Å²) in [5.74, 6) is -0.749. The molecule has 6 nitrogen and oxygen atoms in total. The molecule has 0 bridgehead atoms. The lowest BCUT2D eigenvalue weighted by atomic mass is 9.94. The highest BCUT2D eigenvalue weighted by molar-refractivity contribution is 5.93. The first-order valence-electron chi connectivity index (χ1n) is 7.37. The van der Waals surface area contributed by atoms with Gasteiger partial charge in [0.2, 0.25) is 0 Å². The van der Waals surface area contributed by atoms with Crippen molar-refractivity contribution in [3.05, 3.63) is 41.8 Å². The van der Waals surface area contributed by atoms with Gasteiger partial charge in [0.1, 0.15) is 5.82 Å². The van der Waals surface area contributed by atoms with Crippen LogP contribution in [0.4, 0.5) is 4.39 Å². The Bertz CT molecular complexity index is 695. The molecule has 122 valence electrons. The van der Waals surface area contributed by atoms with E-state index in [2.05, 4.69) is 10.5 Å². The molecule has 2 N–H and O–H groups in total. The average molecular weight is 320 g/mol. The maximum atomic E-state index is 13.7. The molecule has 0 radical (unpaired) electrons. The molecule has 1 aromatic heterocycles. The normalized spacial score (nSPS) is 17.0. The molecule has 0 unspecified atom stereocenters. The number of rotatable bonds is 4. The number of nitrogens with zero attached hydrogens (tertiary/aromatic N) is 1. The topological polar surface area (TPSA) is 84.6 Å². The molecule has 0 spiro atoms. The fraction of sp³-hybridized carbons (Fsp3) is 0.375. The summed E-state index contributed by atoms with van der Waals surface area (Å²) in [7, 11) is 0. The summed E-state index contributed by atoms with van der Waals surface area (Å²) in [6.45, 7) is 1.04. The van der Waals surface area contributed by atoms with Gasteiger partial charge in [0.25, 0.3) is 5.91 Å². The van der Waals surface area contributed by atoms with Crippen LogP contribution in [-0.4, -0.2) is 41.5 Å². The SMILES string of the molecule is O=C(NCC1(O)CCOCC1)c1cc(-c2ccccc2F)on1. The van der Waals surface area contributed by atoms with Crippen LogP contribution in [0.5, 0.6) is 0 Å². The number of aromatic nitrogens is 1. The van der Waals surface area contributed by atoms with E-state index in [9.17, 15) is 14.3 Å². The van der Waals surface area contributed by atoms with Crippen molar-refractivity contribution >= 4 is 5.91 Å². The number of nitrogens with one attached hydrogen (secondary N) is 1. The molecule has 0 atom stereocenters. The van der Waals surface area contributed by atoms with Crippen molar-refractivity contribution in [3.63, 3.8) is 0 Å². The second kappa shape index (κ2) is 6.47. The molecule has 0 aliphatic carbocycles. The monoisotopic (exact) mass is 320 g/mol. The van der Waals surface area contributed by atoms with E-state index in [1.807, 2.05) is 0 Å². The molecule has 2 heterocycles. The van der Waals surface area contributed by atoms with Crippen molar-refractivity contribution in [3.8, 4) is 11.3 Å². The van der Waals surface area contributed by atoms with Gasteiger partial charge in [0.05, 0.1) is 11.2 Å². The maximum Gasteiger partial charge on any atom is 0.273 e. The van der Waals surface area contributed by atoms with E-state index in [1.165, 1.54) is 12.1 Å². The van der Waals surface area contributed by atoms with E-state index < -0.39 is 17.3 Å². The molecule has 7 heteroatoms. The van der Waals surface area contributed by atoms with Crippen molar-refractivity contribution in [2.75, 3.05) is 19.8 Å². The van der Waals surface area contributed by atoms with Gasteiger partial charge in [0, 0.05) is 38.7 Å². The fourth-order valence-electron chi connectivity index (χ4n) is 2.43. The fourth-order valence-corrected chi connectivity index (χ4v) is 2.43. The smallest absolute Gasteiger partial charge is 0.273 e. The largest absolute Gasteiger partial charge is 0.388 e. The number of hydrogen-bond acceptors (Lipinski definition) is 5. The minimum Gasteiger partial charge on any atom is -0.388 e. The van der Waals surface area contributed by atoms with Crippen LogP contribution in [0.25, 0.3) is 11.3 Å². The van der Waals surface area contributed by atoms with Crippen molar-refractivity contribution in [1.29, 1.82) is 0 Å². The molecule has 3 rings (SSSR count). The lowest BCUT2D eigenvalue weighted by Crippen LogP contribution is -2.46. The van der Waals surface area contributed by atoms with Gasteiger partial charge < -0.3 is 19.7 Å². The summed E-state index contributed by atoms with van der Waals surface area (Å²) in [6.07, 6.45) is 0.930. The van der Waals surface area contributed by atoms with Crippen LogP contribution in [0.3, 0.4) is 0 Å². The second-order valence-electron chi connectivity index (χ2n) is 5.58. The molecule has 0 saturated carbocycles. The molecular weight excluding hydrogens is 303 g/mol. The number of aliphatic hydroxyl groups is 1. The van der Waals surface area contributed by atoms with Crippen molar-refractivity contribution in [2.45, 2.75) is 18.4 Å². The Morgan fingerprint density at radius 3 is 2.83 bits per heavy atom. The Morgan fingerprint density at radius 2 is 2.09 bits per heavy atom. The molecule has 1 aliphatic heterocycles. The Hall–Kier alpha value is -2.25. The van der Waals surface area contributed by atoms with E-state index in [0.29, 0.717) is 26.1 Å². The van der Waals surface area contributed by atoms with Gasteiger partial charge in [-0.3, -0.25) is 4.79 Å². The number of benzene rings is 1. The summed E-state index contributed by atoms with van der Waals surface area (Å²) in [5, 5.41) is 16.6. The molecule has 1 amide bonds. The highest BCUT2D eigenvalue weighted by Gasteiger charge is 2.30. The summed E-state index contributed by atoms with van der Waals surface area (Å²) in [6, 6.07) is 7.46. The predicted molar refractivity (Wildman–Crippen MR) is 79.2 cm³/mol. The van der Waals surface area contributed by atoms with Crippen molar-refractivity contribution in [1.82, 2.24) is 10.5 Å². The summed E-state index contributed by atoms with van der Waals surface area (Å²) < 4.78 is 23.9. The van der Waals surface area contributed by atoms with E-state index >= 15 is 0 Å². The van der Waals surface area contributed by atoms with Crippen LogP contribution in [0.2, 0.25) is 0 Å². The average Bonchev–Trinajstić information content (AvgIpc) is 3.04. The first kappa shape index (κ1) is 15.6. The Labute approximate surface area is 132 Å². The third-order valence-corrected chi connectivity index (χ3v) is 3.88. The Balaban J connectivity index is 1.66. The zero-order chi connectivity index (χ0) is 16.3. The molecule has 1 fully saturated rings. The van der Waals surface area contributed by atoms with Gasteiger partial charge >= 0.3 is 0 Å². The highest BCUT2D eigenvalue weighted by atomic mass is 19.1. The summed E-state index contributed by atoms with van der Waals surface area (Å²) >= 11 is 0. The lowest BCUT2D eigenvalue weighted by Gasteiger charge is -2.31. The highest BCUT2D eigenvalue weighted by Crippen LogP contribution is 2.23. The zero-order valence-corrected chi connectivity index (χ0v) is 12.4. The van der Waals surface area contributed by atoms with Gasteiger partial charge in [0.15, 0.2) is 11.5 Å². The summed E-state index contributed by atoms with van der Waals surface area (Å²) in [5.41, 5.74) is -0.688. The van der Waals surface area contributed by atoms with Crippen LogP contribution in [0, 0.1) is 5.82 Å². The van der Waals surface area contributed by atoms with Crippen LogP contribution in [0.1, 0.15) is 23.3 Å². The van der Waals surface area contributed by atoms with E-state index in [-0.39, 0.29) is 23.6 Å². The molecule has 1 aliphatic rings. The summed E-state index contributed by atoms with van der Waals surface area (Å²) in [4.78, 5) is 12.1. The zero-order valence-electron chi connectivity index (χ0n) is 12.4. The number of halogens is 1. The van der Waals surface area contributed by atoms with E-state index in [4.69, 9.17) is 9.26 Å². The van der Waals surface area contributed by atoms with Crippen LogP contribution in [-0.2, 0) is 4.74 Å². The lowest BCUT2D eigenvalue weighted by molar-refractivity contribution is -0.0605. The van der Waals surface area contributed by atoms with Gasteiger partial charge in [-0.25, -0.2) is 4.39 Å². The van der Waals surface area contributed by atoms with E-state index in [0.717, 1.165) is 0 Å². The first-order valence-corrected chi connectivity index (χ1v) is 7.37. The molecule has 23 heavy (non-hydrogen) atoms. The minimum absolute atomic E-state index is 0.0407. The van der Waals surface area contributed by atoms with Gasteiger partial charge in [-0.1, -0.05) is 17.3 Å². The first-order chi connectivity index (χ1) is 11.1. The quantitative estimate of drug-likeness (QED) is 0.896. The minimum atomic E-state index is -0.966. The van der Waals surface area contributed by atoms with Crippen LogP contribution >= 0.6 is 0 Å². The van der Waals surface area contributed by atoms with Crippen LogP contribution in [0.15, 0.2) is 34.9 Å². The van der Waals surface area contributed by atoms with Gasteiger partial charge in [-0.2, -0.15) is 0 Å². The number of hydrogen-bond donors (Lipinski definition) is 2. The molecular formula is C16H17FN2O4. The van der Waals surface area contributed by atoms with Gasteiger partial charge in [-0.15, -0.1) is 0 Å². The van der Waals surface area contributed by atoms with Crippen molar-refractivity contribution < 1.29 is 23.6 Å². The van der Waals surface area contributed by atoms with Crippen LogP contribution < -0.4 is 5.32 Å². The number of ether oxygens (including phenoxy) is 1. The molecule has 2 aromatic rings. The molecule has 1 aromatic carbocycles. The molecule has 1 saturated heterocycles. The third kappa shape index (κ3) is 3.57. The number of carbonyl (C=O) groups excluding carboxylic acids is 1. The predicted octanol–water partition coefficient (Wildman–Crippen LogP) is 1.75.